The average Bonchev–Trinajstić information content (AvgIpc) is 3.32. The Labute approximate surface area is 204 Å². The Hall–Kier alpha value is -4.46. The van der Waals surface area contributed by atoms with Crippen molar-refractivity contribution in [2.45, 2.75) is 25.1 Å². The van der Waals surface area contributed by atoms with E-state index in [1.165, 1.54) is 10.6 Å². The molecule has 8 nitrogen and oxygen atoms in total. The average molecular weight is 491 g/mol. The van der Waals surface area contributed by atoms with Gasteiger partial charge in [0.05, 0.1) is 12.4 Å². The predicted molar refractivity (Wildman–Crippen MR) is 126 cm³/mol. The van der Waals surface area contributed by atoms with Crippen LogP contribution in [0.5, 0.6) is 0 Å². The number of imidazole rings is 1. The van der Waals surface area contributed by atoms with Crippen molar-refractivity contribution in [1.82, 2.24) is 29.7 Å². The standard InChI is InChI=1S/C25H20F3N7O/c1-2-16-5-7-17(8-6-16)24(36)32-18-4-3-11-34(14-18)21-9-10-29-23(33-21)19-12-31-22-13-30-20(15-35(19)22)25(26,27)28/h1,5-10,12-13,15,18H,3-4,11,14H2,(H,32,36). The molecule has 0 spiro atoms. The number of hydrogen-bond acceptors (Lipinski definition) is 6. The van der Waals surface area contributed by atoms with Gasteiger partial charge in [-0.05, 0) is 43.2 Å². The van der Waals surface area contributed by atoms with Crippen LogP contribution in [0.2, 0.25) is 0 Å². The van der Waals surface area contributed by atoms with E-state index in [9.17, 15) is 18.0 Å². The summed E-state index contributed by atoms with van der Waals surface area (Å²) in [5.41, 5.74) is 0.761. The normalized spacial score (nSPS) is 16.1. The minimum Gasteiger partial charge on any atom is -0.354 e. The van der Waals surface area contributed by atoms with Crippen molar-refractivity contribution in [2.24, 2.45) is 0 Å². The monoisotopic (exact) mass is 491 g/mol. The SMILES string of the molecule is C#Cc1ccc(C(=O)NC2CCCN(c3ccnc(-c4cnc5cnc(C(F)(F)F)cn45)n3)C2)cc1. The second kappa shape index (κ2) is 9.30. The smallest absolute Gasteiger partial charge is 0.354 e. The van der Waals surface area contributed by atoms with E-state index in [0.29, 0.717) is 29.2 Å². The maximum atomic E-state index is 13.2. The number of hydrogen-bond donors (Lipinski definition) is 1. The summed E-state index contributed by atoms with van der Waals surface area (Å²) in [6.45, 7) is 1.24. The number of amides is 1. The van der Waals surface area contributed by atoms with Crippen molar-refractivity contribution >= 4 is 17.4 Å². The second-order valence-corrected chi connectivity index (χ2v) is 8.36. The third-order valence-electron chi connectivity index (χ3n) is 5.95. The number of fused-ring (bicyclic) bond motifs is 1. The summed E-state index contributed by atoms with van der Waals surface area (Å²) in [6.07, 6.45) is 7.34. The van der Waals surface area contributed by atoms with Gasteiger partial charge in [0.15, 0.2) is 17.2 Å². The Bertz CT molecular complexity index is 1460. The Morgan fingerprint density at radius 1 is 1.11 bits per heavy atom. The number of rotatable bonds is 4. The molecule has 1 fully saturated rings. The van der Waals surface area contributed by atoms with Gasteiger partial charge in [-0.2, -0.15) is 13.2 Å². The molecule has 1 aliphatic rings. The van der Waals surface area contributed by atoms with E-state index in [-0.39, 0.29) is 23.4 Å². The molecule has 5 rings (SSSR count). The van der Waals surface area contributed by atoms with Gasteiger partial charge in [-0.3, -0.25) is 9.20 Å². The van der Waals surface area contributed by atoms with E-state index < -0.39 is 11.9 Å². The number of carbonyl (C=O) groups excluding carboxylic acids is 1. The Balaban J connectivity index is 1.35. The number of carbonyl (C=O) groups is 1. The van der Waals surface area contributed by atoms with Crippen molar-refractivity contribution in [3.63, 3.8) is 0 Å². The molecule has 0 bridgehead atoms. The molecule has 1 unspecified atom stereocenters. The molecular weight excluding hydrogens is 471 g/mol. The van der Waals surface area contributed by atoms with Crippen molar-refractivity contribution < 1.29 is 18.0 Å². The van der Waals surface area contributed by atoms with Crippen LogP contribution in [0, 0.1) is 12.3 Å². The first-order chi connectivity index (χ1) is 17.3. The molecule has 3 aromatic heterocycles. The first-order valence-corrected chi connectivity index (χ1v) is 11.2. The largest absolute Gasteiger partial charge is 0.434 e. The van der Waals surface area contributed by atoms with Gasteiger partial charge >= 0.3 is 6.18 Å². The van der Waals surface area contributed by atoms with Gasteiger partial charge in [0.1, 0.15) is 11.5 Å². The number of terminal acetylenes is 1. The number of nitrogens with zero attached hydrogens (tertiary/aromatic N) is 6. The molecular formula is C25H20F3N7O. The molecule has 0 aliphatic carbocycles. The van der Waals surface area contributed by atoms with Gasteiger partial charge in [-0.25, -0.2) is 19.9 Å². The molecule has 36 heavy (non-hydrogen) atoms. The molecule has 0 saturated carbocycles. The molecule has 1 aromatic carbocycles. The number of aromatic nitrogens is 5. The fraction of sp³-hybridized carbons (Fsp3) is 0.240. The molecule has 1 saturated heterocycles. The summed E-state index contributed by atoms with van der Waals surface area (Å²) in [5.74, 6) is 3.18. The summed E-state index contributed by atoms with van der Waals surface area (Å²) in [4.78, 5) is 31.1. The van der Waals surface area contributed by atoms with Gasteiger partial charge < -0.3 is 10.2 Å². The quantitative estimate of drug-likeness (QED) is 0.439. The maximum absolute atomic E-state index is 13.2. The van der Waals surface area contributed by atoms with Crippen LogP contribution in [0.15, 0.2) is 55.1 Å². The zero-order valence-electron chi connectivity index (χ0n) is 18.9. The third kappa shape index (κ3) is 4.70. The number of halogens is 3. The molecule has 11 heteroatoms. The highest BCUT2D eigenvalue weighted by Crippen LogP contribution is 2.29. The third-order valence-corrected chi connectivity index (χ3v) is 5.95. The van der Waals surface area contributed by atoms with Gasteiger partial charge in [-0.1, -0.05) is 5.92 Å². The highest BCUT2D eigenvalue weighted by molar-refractivity contribution is 5.94. The molecule has 182 valence electrons. The lowest BCUT2D eigenvalue weighted by molar-refractivity contribution is -0.141. The summed E-state index contributed by atoms with van der Waals surface area (Å²) in [6, 6.07) is 8.46. The number of anilines is 1. The predicted octanol–water partition coefficient (Wildman–Crippen LogP) is 3.59. The van der Waals surface area contributed by atoms with Crippen LogP contribution >= 0.6 is 0 Å². The highest BCUT2D eigenvalue weighted by atomic mass is 19.4. The molecule has 1 amide bonds. The number of benzene rings is 1. The van der Waals surface area contributed by atoms with E-state index >= 15 is 0 Å². The highest BCUT2D eigenvalue weighted by Gasteiger charge is 2.33. The molecule has 0 radical (unpaired) electrons. The summed E-state index contributed by atoms with van der Waals surface area (Å²) < 4.78 is 40.8. The summed E-state index contributed by atoms with van der Waals surface area (Å²) in [5, 5.41) is 3.06. The minimum absolute atomic E-state index is 0.104. The van der Waals surface area contributed by atoms with Crippen LogP contribution in [0.25, 0.3) is 17.2 Å². The van der Waals surface area contributed by atoms with Crippen molar-refractivity contribution in [2.75, 3.05) is 18.0 Å². The van der Waals surface area contributed by atoms with Gasteiger partial charge in [0.25, 0.3) is 5.91 Å². The lowest BCUT2D eigenvalue weighted by Crippen LogP contribution is -2.48. The van der Waals surface area contributed by atoms with Crippen LogP contribution < -0.4 is 10.2 Å². The number of alkyl halides is 3. The van der Waals surface area contributed by atoms with E-state index in [0.717, 1.165) is 31.8 Å². The minimum atomic E-state index is -4.59. The summed E-state index contributed by atoms with van der Waals surface area (Å²) in [7, 11) is 0. The van der Waals surface area contributed by atoms with Crippen molar-refractivity contribution in [3.8, 4) is 23.9 Å². The Morgan fingerprint density at radius 2 is 1.92 bits per heavy atom. The fourth-order valence-corrected chi connectivity index (χ4v) is 4.14. The Morgan fingerprint density at radius 3 is 2.67 bits per heavy atom. The maximum Gasteiger partial charge on any atom is 0.434 e. The number of piperidine rings is 1. The van der Waals surface area contributed by atoms with Crippen LogP contribution in [-0.4, -0.2) is 49.4 Å². The lowest BCUT2D eigenvalue weighted by atomic mass is 10.0. The zero-order valence-corrected chi connectivity index (χ0v) is 18.9. The van der Waals surface area contributed by atoms with Crippen molar-refractivity contribution in [1.29, 1.82) is 0 Å². The van der Waals surface area contributed by atoms with Crippen LogP contribution in [-0.2, 0) is 6.18 Å². The van der Waals surface area contributed by atoms with Crippen molar-refractivity contribution in [3.05, 3.63) is 71.9 Å². The fourth-order valence-electron chi connectivity index (χ4n) is 4.14. The van der Waals surface area contributed by atoms with E-state index in [4.69, 9.17) is 6.42 Å². The van der Waals surface area contributed by atoms with E-state index in [2.05, 4.69) is 31.2 Å². The van der Waals surface area contributed by atoms with E-state index in [1.807, 2.05) is 4.90 Å². The Kier molecular flexibility index (Phi) is 6.01. The van der Waals surface area contributed by atoms with Gasteiger partial charge in [-0.15, -0.1) is 6.42 Å². The molecule has 4 aromatic rings. The first kappa shape index (κ1) is 23.3. The van der Waals surface area contributed by atoms with Crippen LogP contribution in [0.1, 0.15) is 34.5 Å². The van der Waals surface area contributed by atoms with Gasteiger partial charge in [0.2, 0.25) is 0 Å². The van der Waals surface area contributed by atoms with Crippen LogP contribution in [0.3, 0.4) is 0 Å². The topological polar surface area (TPSA) is 88.3 Å². The first-order valence-electron chi connectivity index (χ1n) is 11.2. The molecule has 1 atom stereocenters. The van der Waals surface area contributed by atoms with Gasteiger partial charge in [0, 0.05) is 42.7 Å². The second-order valence-electron chi connectivity index (χ2n) is 8.36. The summed E-state index contributed by atoms with van der Waals surface area (Å²) >= 11 is 0. The molecule has 1 N–H and O–H groups in total. The molecule has 1 aliphatic heterocycles. The van der Waals surface area contributed by atoms with Crippen LogP contribution in [0.4, 0.5) is 19.0 Å². The lowest BCUT2D eigenvalue weighted by Gasteiger charge is -2.34. The van der Waals surface area contributed by atoms with E-state index in [1.54, 1.807) is 36.5 Å². The number of nitrogens with one attached hydrogen (secondary N) is 1. The molecule has 4 heterocycles. The zero-order chi connectivity index (χ0) is 25.3.